The first-order valence-corrected chi connectivity index (χ1v) is 8.40. The molecule has 1 fully saturated rings. The Kier molecular flexibility index (Phi) is 5.36. The highest BCUT2D eigenvalue weighted by atomic mass is 16.4. The van der Waals surface area contributed by atoms with Gasteiger partial charge in [-0.3, -0.25) is 14.4 Å². The number of carbonyl (C=O) groups excluding carboxylic acids is 2. The molecule has 0 bridgehead atoms. The molecule has 0 saturated carbocycles. The number of nitrogens with zero attached hydrogens (tertiary/aromatic N) is 1. The monoisotopic (exact) mass is 356 g/mol. The molecule has 2 amide bonds. The molecule has 2 heterocycles. The predicted octanol–water partition coefficient (Wildman–Crippen LogP) is 1.96. The van der Waals surface area contributed by atoms with Gasteiger partial charge in [0, 0.05) is 13.0 Å². The number of amides is 2. The van der Waals surface area contributed by atoms with E-state index in [1.807, 2.05) is 6.07 Å². The van der Waals surface area contributed by atoms with Crippen LogP contribution in [0.3, 0.4) is 0 Å². The molecule has 136 valence electrons. The summed E-state index contributed by atoms with van der Waals surface area (Å²) in [7, 11) is 0. The fourth-order valence-corrected chi connectivity index (χ4v) is 3.09. The zero-order chi connectivity index (χ0) is 18.5. The lowest BCUT2D eigenvalue weighted by Crippen LogP contribution is -2.36. The van der Waals surface area contributed by atoms with Gasteiger partial charge in [0.2, 0.25) is 11.8 Å². The molecule has 1 aliphatic rings. The lowest BCUT2D eigenvalue weighted by molar-refractivity contribution is -0.138. The van der Waals surface area contributed by atoms with Gasteiger partial charge in [0.05, 0.1) is 31.2 Å². The van der Waals surface area contributed by atoms with E-state index in [4.69, 9.17) is 9.52 Å². The molecule has 0 unspecified atom stereocenters. The van der Waals surface area contributed by atoms with E-state index in [9.17, 15) is 14.4 Å². The molecule has 1 saturated heterocycles. The maximum Gasteiger partial charge on any atom is 0.305 e. The Balaban J connectivity index is 1.64. The number of benzene rings is 1. The minimum absolute atomic E-state index is 0.112. The number of likely N-dealkylation sites (tertiary alicyclic amines) is 1. The molecule has 1 aromatic heterocycles. The Morgan fingerprint density at radius 1 is 1.23 bits per heavy atom. The van der Waals surface area contributed by atoms with Gasteiger partial charge in [-0.05, 0) is 17.7 Å². The number of hydrogen-bond donors (Lipinski definition) is 2. The first-order valence-electron chi connectivity index (χ1n) is 8.40. The average Bonchev–Trinajstić information content (AvgIpc) is 3.25. The summed E-state index contributed by atoms with van der Waals surface area (Å²) in [6, 6.07) is 11.9. The Morgan fingerprint density at radius 2 is 2.00 bits per heavy atom. The number of carboxylic acids is 1. The summed E-state index contributed by atoms with van der Waals surface area (Å²) >= 11 is 0. The van der Waals surface area contributed by atoms with Crippen LogP contribution in [0.5, 0.6) is 0 Å². The van der Waals surface area contributed by atoms with Gasteiger partial charge in [-0.25, -0.2) is 0 Å². The smallest absolute Gasteiger partial charge is 0.305 e. The van der Waals surface area contributed by atoms with Gasteiger partial charge in [0.15, 0.2) is 0 Å². The summed E-state index contributed by atoms with van der Waals surface area (Å²) in [5.41, 5.74) is 0.722. The van der Waals surface area contributed by atoms with Crippen LogP contribution in [0.15, 0.2) is 53.1 Å². The molecule has 3 rings (SSSR count). The number of aliphatic carboxylic acids is 1. The third kappa shape index (κ3) is 4.30. The highest BCUT2D eigenvalue weighted by molar-refractivity contribution is 5.89. The van der Waals surface area contributed by atoms with Crippen LogP contribution >= 0.6 is 0 Å². The van der Waals surface area contributed by atoms with Gasteiger partial charge >= 0.3 is 5.97 Å². The highest BCUT2D eigenvalue weighted by Crippen LogP contribution is 2.23. The van der Waals surface area contributed by atoms with Crippen molar-refractivity contribution in [3.63, 3.8) is 0 Å². The number of nitrogens with one attached hydrogen (secondary N) is 1. The van der Waals surface area contributed by atoms with Crippen LogP contribution < -0.4 is 5.32 Å². The van der Waals surface area contributed by atoms with Gasteiger partial charge in [-0.1, -0.05) is 30.3 Å². The molecule has 7 heteroatoms. The van der Waals surface area contributed by atoms with E-state index in [0.717, 1.165) is 5.56 Å². The summed E-state index contributed by atoms with van der Waals surface area (Å²) in [6.45, 7) is 0.618. The molecule has 0 radical (unpaired) electrons. The number of rotatable bonds is 7. The maximum atomic E-state index is 12.6. The molecule has 2 aromatic rings. The Morgan fingerprint density at radius 3 is 2.65 bits per heavy atom. The minimum atomic E-state index is -0.999. The quantitative estimate of drug-likeness (QED) is 0.790. The lowest BCUT2D eigenvalue weighted by Gasteiger charge is -2.20. The number of furan rings is 1. The summed E-state index contributed by atoms with van der Waals surface area (Å²) in [6.07, 6.45) is 1.43. The molecule has 1 aliphatic heterocycles. The van der Waals surface area contributed by atoms with Crippen LogP contribution in [-0.2, 0) is 20.9 Å². The zero-order valence-corrected chi connectivity index (χ0v) is 14.1. The largest absolute Gasteiger partial charge is 0.481 e. The van der Waals surface area contributed by atoms with E-state index in [0.29, 0.717) is 18.8 Å². The number of carboxylic acid groups (broad SMARTS) is 1. The third-order valence-corrected chi connectivity index (χ3v) is 4.41. The van der Waals surface area contributed by atoms with E-state index in [2.05, 4.69) is 5.32 Å². The maximum absolute atomic E-state index is 12.6. The van der Waals surface area contributed by atoms with Crippen molar-refractivity contribution in [3.05, 3.63) is 60.1 Å². The van der Waals surface area contributed by atoms with E-state index in [1.165, 1.54) is 6.26 Å². The molecule has 0 aliphatic carbocycles. The standard InChI is InChI=1S/C19H20N2O5/c22-17-9-14(11-21(17)12-15-7-4-8-26-15)19(25)20-16(10-18(23)24)13-5-2-1-3-6-13/h1-8,14,16H,9-12H2,(H,20,25)(H,23,24)/t14-,16+/m1/s1. The van der Waals surface area contributed by atoms with Crippen LogP contribution in [-0.4, -0.2) is 34.3 Å². The van der Waals surface area contributed by atoms with Crippen molar-refractivity contribution >= 4 is 17.8 Å². The zero-order valence-electron chi connectivity index (χ0n) is 14.1. The topological polar surface area (TPSA) is 99.8 Å². The van der Waals surface area contributed by atoms with Crippen LogP contribution in [0, 0.1) is 5.92 Å². The van der Waals surface area contributed by atoms with Crippen LogP contribution in [0.25, 0.3) is 0 Å². The molecule has 2 atom stereocenters. The Hall–Kier alpha value is -3.09. The lowest BCUT2D eigenvalue weighted by atomic mass is 10.0. The fraction of sp³-hybridized carbons (Fsp3) is 0.316. The van der Waals surface area contributed by atoms with E-state index >= 15 is 0 Å². The molecule has 2 N–H and O–H groups in total. The molecule has 1 aromatic carbocycles. The van der Waals surface area contributed by atoms with Crippen molar-refractivity contribution in [2.24, 2.45) is 5.92 Å². The van der Waals surface area contributed by atoms with Crippen LogP contribution in [0.2, 0.25) is 0 Å². The van der Waals surface area contributed by atoms with Gasteiger partial charge in [-0.15, -0.1) is 0 Å². The second-order valence-electron chi connectivity index (χ2n) is 6.32. The normalized spacial score (nSPS) is 17.9. The third-order valence-electron chi connectivity index (χ3n) is 4.41. The van der Waals surface area contributed by atoms with Crippen LogP contribution in [0.1, 0.15) is 30.2 Å². The molecular formula is C19H20N2O5. The summed E-state index contributed by atoms with van der Waals surface area (Å²) in [4.78, 5) is 37.5. The summed E-state index contributed by atoms with van der Waals surface area (Å²) in [5.74, 6) is -1.27. The van der Waals surface area contributed by atoms with Crippen molar-refractivity contribution in [2.75, 3.05) is 6.54 Å². The minimum Gasteiger partial charge on any atom is -0.481 e. The number of hydrogen-bond acceptors (Lipinski definition) is 4. The summed E-state index contributed by atoms with van der Waals surface area (Å²) in [5, 5.41) is 11.9. The van der Waals surface area contributed by atoms with Crippen molar-refractivity contribution in [1.29, 1.82) is 0 Å². The fourth-order valence-electron chi connectivity index (χ4n) is 3.09. The first kappa shape index (κ1) is 17.7. The summed E-state index contributed by atoms with van der Waals surface area (Å²) < 4.78 is 5.25. The number of carbonyl (C=O) groups is 3. The molecule has 26 heavy (non-hydrogen) atoms. The molecule has 0 spiro atoms. The van der Waals surface area contributed by atoms with Crippen LogP contribution in [0.4, 0.5) is 0 Å². The van der Waals surface area contributed by atoms with Crippen molar-refractivity contribution in [3.8, 4) is 0 Å². The van der Waals surface area contributed by atoms with E-state index < -0.39 is 17.9 Å². The second kappa shape index (κ2) is 7.86. The van der Waals surface area contributed by atoms with Gasteiger partial charge in [-0.2, -0.15) is 0 Å². The van der Waals surface area contributed by atoms with E-state index in [-0.39, 0.29) is 24.7 Å². The van der Waals surface area contributed by atoms with Crippen molar-refractivity contribution < 1.29 is 23.9 Å². The van der Waals surface area contributed by atoms with Gasteiger partial charge in [0.1, 0.15) is 5.76 Å². The Labute approximate surface area is 150 Å². The SMILES string of the molecule is O=C(O)C[C@H](NC(=O)[C@@H]1CC(=O)N(Cc2ccco2)C1)c1ccccc1. The van der Waals surface area contributed by atoms with Gasteiger partial charge in [0.25, 0.3) is 0 Å². The molecular weight excluding hydrogens is 336 g/mol. The van der Waals surface area contributed by atoms with E-state index in [1.54, 1.807) is 41.3 Å². The second-order valence-corrected chi connectivity index (χ2v) is 6.32. The highest BCUT2D eigenvalue weighted by Gasteiger charge is 2.35. The predicted molar refractivity (Wildman–Crippen MR) is 91.8 cm³/mol. The average molecular weight is 356 g/mol. The van der Waals surface area contributed by atoms with Crippen molar-refractivity contribution in [2.45, 2.75) is 25.4 Å². The molecule has 7 nitrogen and oxygen atoms in total. The first-order chi connectivity index (χ1) is 12.5. The Bertz CT molecular complexity index is 772. The van der Waals surface area contributed by atoms with Crippen molar-refractivity contribution in [1.82, 2.24) is 10.2 Å². The van der Waals surface area contributed by atoms with Gasteiger partial charge < -0.3 is 19.7 Å².